The largest absolute Gasteiger partial charge is 0.456 e. The molecule has 0 radical (unpaired) electrons. The molecule has 10 aromatic rings. The molecular weight excluding hydrogens is 647 g/mol. The third-order valence-electron chi connectivity index (χ3n) is 9.93. The number of fused-ring (bicyclic) bond motifs is 4. The maximum absolute atomic E-state index is 6.49. The molecule has 0 unspecified atom stereocenters. The molecule has 0 aliphatic heterocycles. The Balaban J connectivity index is 1.12. The van der Waals surface area contributed by atoms with Crippen molar-refractivity contribution in [2.75, 3.05) is 0 Å². The minimum absolute atomic E-state index is 0.584. The van der Waals surface area contributed by atoms with Gasteiger partial charge in [-0.05, 0) is 74.5 Å². The third-order valence-corrected chi connectivity index (χ3v) is 9.93. The first-order chi connectivity index (χ1) is 26.2. The molecule has 4 nitrogen and oxygen atoms in total. The van der Waals surface area contributed by atoms with Crippen molar-refractivity contribution < 1.29 is 4.42 Å². The van der Waals surface area contributed by atoms with Crippen LogP contribution in [0.15, 0.2) is 192 Å². The predicted molar refractivity (Wildman–Crippen MR) is 217 cm³/mol. The zero-order chi connectivity index (χ0) is 35.1. The molecule has 10 rings (SSSR count). The Bertz CT molecular complexity index is 2920. The van der Waals surface area contributed by atoms with Gasteiger partial charge < -0.3 is 4.42 Å². The molecule has 248 valence electrons. The lowest BCUT2D eigenvalue weighted by Gasteiger charge is -2.10. The first-order valence-corrected chi connectivity index (χ1v) is 17.8. The summed E-state index contributed by atoms with van der Waals surface area (Å²) in [5.74, 6) is 1.81. The van der Waals surface area contributed by atoms with Crippen LogP contribution in [0.2, 0.25) is 0 Å². The van der Waals surface area contributed by atoms with Crippen LogP contribution in [-0.2, 0) is 0 Å². The van der Waals surface area contributed by atoms with Crippen LogP contribution in [0.1, 0.15) is 0 Å². The number of furan rings is 1. The van der Waals surface area contributed by atoms with Crippen molar-refractivity contribution in [1.82, 2.24) is 15.0 Å². The van der Waals surface area contributed by atoms with Gasteiger partial charge in [-0.25, -0.2) is 15.0 Å². The zero-order valence-electron chi connectivity index (χ0n) is 28.6. The van der Waals surface area contributed by atoms with Crippen LogP contribution in [0.5, 0.6) is 0 Å². The monoisotopic (exact) mass is 677 g/mol. The number of hydrogen-bond acceptors (Lipinski definition) is 4. The molecule has 4 heteroatoms. The highest BCUT2D eigenvalue weighted by Gasteiger charge is 2.17. The van der Waals surface area contributed by atoms with E-state index in [0.717, 1.165) is 71.7 Å². The maximum Gasteiger partial charge on any atom is 0.164 e. The quantitative estimate of drug-likeness (QED) is 0.176. The maximum atomic E-state index is 6.49. The van der Waals surface area contributed by atoms with E-state index in [9.17, 15) is 0 Å². The summed E-state index contributed by atoms with van der Waals surface area (Å²) in [4.78, 5) is 15.3. The van der Waals surface area contributed by atoms with Gasteiger partial charge in [0, 0.05) is 27.5 Å². The highest BCUT2D eigenvalue weighted by Crippen LogP contribution is 2.38. The van der Waals surface area contributed by atoms with Crippen LogP contribution in [0.3, 0.4) is 0 Å². The van der Waals surface area contributed by atoms with Crippen molar-refractivity contribution in [2.24, 2.45) is 0 Å². The van der Waals surface area contributed by atoms with Crippen LogP contribution in [-0.4, -0.2) is 15.0 Å². The Morgan fingerprint density at radius 1 is 0.302 bits per heavy atom. The molecule has 0 bridgehead atoms. The third kappa shape index (κ3) is 5.73. The van der Waals surface area contributed by atoms with Gasteiger partial charge in [0.15, 0.2) is 17.5 Å². The van der Waals surface area contributed by atoms with Crippen molar-refractivity contribution in [3.05, 3.63) is 188 Å². The molecule has 0 N–H and O–H groups in total. The summed E-state index contributed by atoms with van der Waals surface area (Å²) < 4.78 is 6.49. The molecule has 0 atom stereocenters. The molecule has 0 saturated carbocycles. The van der Waals surface area contributed by atoms with E-state index in [4.69, 9.17) is 19.4 Å². The van der Waals surface area contributed by atoms with Crippen LogP contribution < -0.4 is 0 Å². The molecular formula is C49H31N3O. The predicted octanol–water partition coefficient (Wildman–Crippen LogP) is 12.9. The fraction of sp³-hybridized carbons (Fsp3) is 0. The molecule has 0 spiro atoms. The lowest BCUT2D eigenvalue weighted by atomic mass is 9.99. The van der Waals surface area contributed by atoms with Crippen LogP contribution in [0.4, 0.5) is 0 Å². The van der Waals surface area contributed by atoms with Gasteiger partial charge in [0.25, 0.3) is 0 Å². The van der Waals surface area contributed by atoms with Crippen LogP contribution >= 0.6 is 0 Å². The highest BCUT2D eigenvalue weighted by atomic mass is 16.3. The molecule has 8 aromatic carbocycles. The van der Waals surface area contributed by atoms with Gasteiger partial charge in [-0.2, -0.15) is 0 Å². The Hall–Kier alpha value is -7.17. The van der Waals surface area contributed by atoms with E-state index in [-0.39, 0.29) is 0 Å². The Morgan fingerprint density at radius 3 is 1.47 bits per heavy atom. The molecule has 0 saturated heterocycles. The normalized spacial score (nSPS) is 11.4. The number of aromatic nitrogens is 3. The second-order valence-electron chi connectivity index (χ2n) is 13.3. The minimum atomic E-state index is 0.584. The van der Waals surface area contributed by atoms with E-state index in [1.54, 1.807) is 0 Å². The number of hydrogen-bond donors (Lipinski definition) is 0. The highest BCUT2D eigenvalue weighted by molar-refractivity contribution is 6.13. The molecule has 0 aliphatic carbocycles. The van der Waals surface area contributed by atoms with Crippen molar-refractivity contribution in [1.29, 1.82) is 0 Å². The number of benzene rings is 8. The van der Waals surface area contributed by atoms with Crippen LogP contribution in [0, 0.1) is 0 Å². The van der Waals surface area contributed by atoms with Crippen molar-refractivity contribution in [3.8, 4) is 67.5 Å². The van der Waals surface area contributed by atoms with E-state index in [1.165, 1.54) is 11.1 Å². The lowest BCUT2D eigenvalue weighted by Crippen LogP contribution is -2.00. The Labute approximate surface area is 306 Å². The SMILES string of the molecule is c1ccc(-c2ccc(-c3nc(-c4ccc5ccc(-c6ccccc6)cc5c4)nc(-c4ccc5c(c4)oc4cccc(-c6ccccc6)c45)n3)cc2)cc1. The van der Waals surface area contributed by atoms with Crippen molar-refractivity contribution in [3.63, 3.8) is 0 Å². The van der Waals surface area contributed by atoms with Crippen molar-refractivity contribution in [2.45, 2.75) is 0 Å². The standard InChI is InChI=1S/C49H31N3O/c1-4-11-32(12-5-1)34-19-23-37(24-20-34)47-50-48(39-26-22-35-21-25-38(29-41(35)30-39)33-13-6-2-7-14-33)52-49(51-47)40-27-28-43-45(31-40)53-44-18-10-17-42(46(43)44)36-15-8-3-9-16-36/h1-31H. The summed E-state index contributed by atoms with van der Waals surface area (Å²) in [5, 5.41) is 4.43. The van der Waals surface area contributed by atoms with E-state index >= 15 is 0 Å². The van der Waals surface area contributed by atoms with E-state index in [0.29, 0.717) is 17.5 Å². The van der Waals surface area contributed by atoms with Gasteiger partial charge in [-0.15, -0.1) is 0 Å². The summed E-state index contributed by atoms with van der Waals surface area (Å²) in [6.45, 7) is 0. The van der Waals surface area contributed by atoms with E-state index in [1.807, 2.05) is 30.3 Å². The summed E-state index contributed by atoms with van der Waals surface area (Å²) >= 11 is 0. The average molecular weight is 678 g/mol. The summed E-state index contributed by atoms with van der Waals surface area (Å²) in [6, 6.07) is 65.2. The van der Waals surface area contributed by atoms with Gasteiger partial charge >= 0.3 is 0 Å². The molecule has 2 aromatic heterocycles. The molecule has 53 heavy (non-hydrogen) atoms. The first-order valence-electron chi connectivity index (χ1n) is 17.8. The summed E-state index contributed by atoms with van der Waals surface area (Å²) in [6.07, 6.45) is 0. The van der Waals surface area contributed by atoms with Gasteiger partial charge in [0.05, 0.1) is 0 Å². The average Bonchev–Trinajstić information content (AvgIpc) is 3.62. The van der Waals surface area contributed by atoms with E-state index < -0.39 is 0 Å². The van der Waals surface area contributed by atoms with Crippen LogP contribution in [0.25, 0.3) is 100 Å². The Kier molecular flexibility index (Phi) is 7.43. The molecule has 0 amide bonds. The second kappa shape index (κ2) is 12.9. The smallest absolute Gasteiger partial charge is 0.164 e. The molecule has 0 fully saturated rings. The fourth-order valence-electron chi connectivity index (χ4n) is 7.22. The Morgan fingerprint density at radius 2 is 0.792 bits per heavy atom. The van der Waals surface area contributed by atoms with Gasteiger partial charge in [0.1, 0.15) is 11.2 Å². The molecule has 0 aliphatic rings. The lowest BCUT2D eigenvalue weighted by molar-refractivity contribution is 0.669. The second-order valence-corrected chi connectivity index (χ2v) is 13.3. The zero-order valence-corrected chi connectivity index (χ0v) is 28.6. The number of nitrogens with zero attached hydrogens (tertiary/aromatic N) is 3. The van der Waals surface area contributed by atoms with Gasteiger partial charge in [-0.3, -0.25) is 0 Å². The minimum Gasteiger partial charge on any atom is -0.456 e. The summed E-state index contributed by atoms with van der Waals surface area (Å²) in [5.41, 5.74) is 11.3. The number of rotatable bonds is 6. The molecule has 2 heterocycles. The van der Waals surface area contributed by atoms with Gasteiger partial charge in [-0.1, -0.05) is 158 Å². The first kappa shape index (κ1) is 30.6. The van der Waals surface area contributed by atoms with Crippen molar-refractivity contribution >= 4 is 32.7 Å². The fourth-order valence-corrected chi connectivity index (χ4v) is 7.22. The summed E-state index contributed by atoms with van der Waals surface area (Å²) in [7, 11) is 0. The topological polar surface area (TPSA) is 51.8 Å². The van der Waals surface area contributed by atoms with Gasteiger partial charge in [0.2, 0.25) is 0 Å². The van der Waals surface area contributed by atoms with E-state index in [2.05, 4.69) is 158 Å².